The summed E-state index contributed by atoms with van der Waals surface area (Å²) in [5.74, 6) is 1.01. The standard InChI is InChI=1S/C15H25NO/c1-6-10-17-14-9-8-12(16-7-2)11-13(14)15(3,4)5/h8-9,11,16H,6-7,10H2,1-5H3. The molecule has 1 N–H and O–H groups in total. The highest BCUT2D eigenvalue weighted by atomic mass is 16.5. The maximum atomic E-state index is 5.82. The highest BCUT2D eigenvalue weighted by Crippen LogP contribution is 2.33. The number of ether oxygens (including phenoxy) is 1. The zero-order valence-corrected chi connectivity index (χ0v) is 11.8. The van der Waals surface area contributed by atoms with Crippen LogP contribution in [-0.2, 0) is 5.41 Å². The molecule has 0 aliphatic rings. The van der Waals surface area contributed by atoms with Crippen LogP contribution in [0.1, 0.15) is 46.6 Å². The fraction of sp³-hybridized carbons (Fsp3) is 0.600. The van der Waals surface area contributed by atoms with Crippen molar-refractivity contribution in [2.45, 2.75) is 46.5 Å². The molecule has 0 atom stereocenters. The second kappa shape index (κ2) is 5.95. The summed E-state index contributed by atoms with van der Waals surface area (Å²) in [5.41, 5.74) is 2.54. The zero-order valence-electron chi connectivity index (χ0n) is 11.8. The molecule has 0 fully saturated rings. The largest absolute Gasteiger partial charge is 0.493 e. The molecule has 17 heavy (non-hydrogen) atoms. The number of anilines is 1. The summed E-state index contributed by atoms with van der Waals surface area (Å²) in [6.07, 6.45) is 1.04. The van der Waals surface area contributed by atoms with Gasteiger partial charge in [0.05, 0.1) is 6.61 Å². The predicted octanol–water partition coefficient (Wildman–Crippen LogP) is 4.20. The Morgan fingerprint density at radius 3 is 2.41 bits per heavy atom. The van der Waals surface area contributed by atoms with Crippen LogP contribution in [0.2, 0.25) is 0 Å². The number of hydrogen-bond acceptors (Lipinski definition) is 2. The van der Waals surface area contributed by atoms with Crippen molar-refractivity contribution < 1.29 is 4.74 Å². The molecule has 0 bridgehead atoms. The Kier molecular flexibility index (Phi) is 4.86. The van der Waals surface area contributed by atoms with Crippen LogP contribution in [0.25, 0.3) is 0 Å². The van der Waals surface area contributed by atoms with E-state index < -0.39 is 0 Å². The molecule has 1 aromatic carbocycles. The molecule has 0 radical (unpaired) electrons. The summed E-state index contributed by atoms with van der Waals surface area (Å²) in [6, 6.07) is 6.37. The van der Waals surface area contributed by atoms with Gasteiger partial charge in [0, 0.05) is 17.8 Å². The molecule has 0 saturated heterocycles. The number of rotatable bonds is 5. The topological polar surface area (TPSA) is 21.3 Å². The van der Waals surface area contributed by atoms with Gasteiger partial charge < -0.3 is 10.1 Å². The van der Waals surface area contributed by atoms with E-state index >= 15 is 0 Å². The second-order valence-electron chi connectivity index (χ2n) is 5.34. The van der Waals surface area contributed by atoms with Crippen LogP contribution in [0.4, 0.5) is 5.69 Å². The maximum Gasteiger partial charge on any atom is 0.123 e. The summed E-state index contributed by atoms with van der Waals surface area (Å²) in [5, 5.41) is 3.35. The van der Waals surface area contributed by atoms with Crippen LogP contribution < -0.4 is 10.1 Å². The minimum Gasteiger partial charge on any atom is -0.493 e. The van der Waals surface area contributed by atoms with E-state index in [4.69, 9.17) is 4.74 Å². The third-order valence-electron chi connectivity index (χ3n) is 2.63. The molecule has 2 nitrogen and oxygen atoms in total. The van der Waals surface area contributed by atoms with Crippen molar-refractivity contribution in [3.05, 3.63) is 23.8 Å². The first kappa shape index (κ1) is 13.9. The van der Waals surface area contributed by atoms with Crippen LogP contribution >= 0.6 is 0 Å². The molecular weight excluding hydrogens is 210 g/mol. The molecule has 1 rings (SSSR count). The van der Waals surface area contributed by atoms with E-state index in [0.29, 0.717) is 0 Å². The van der Waals surface area contributed by atoms with Gasteiger partial charge in [-0.1, -0.05) is 27.7 Å². The average Bonchev–Trinajstić information content (AvgIpc) is 2.26. The Hall–Kier alpha value is -1.18. The first-order chi connectivity index (χ1) is 7.99. The van der Waals surface area contributed by atoms with Crippen molar-refractivity contribution in [1.29, 1.82) is 0 Å². The summed E-state index contributed by atoms with van der Waals surface area (Å²) >= 11 is 0. The van der Waals surface area contributed by atoms with Gasteiger partial charge in [-0.2, -0.15) is 0 Å². The lowest BCUT2D eigenvalue weighted by molar-refractivity contribution is 0.308. The van der Waals surface area contributed by atoms with Crippen LogP contribution in [0, 0.1) is 0 Å². The summed E-state index contributed by atoms with van der Waals surface area (Å²) < 4.78 is 5.82. The summed E-state index contributed by atoms with van der Waals surface area (Å²) in [7, 11) is 0. The van der Waals surface area contributed by atoms with Crippen molar-refractivity contribution in [1.82, 2.24) is 0 Å². The lowest BCUT2D eigenvalue weighted by Gasteiger charge is -2.24. The Morgan fingerprint density at radius 2 is 1.88 bits per heavy atom. The minimum atomic E-state index is 0.106. The van der Waals surface area contributed by atoms with Crippen LogP contribution in [0.5, 0.6) is 5.75 Å². The van der Waals surface area contributed by atoms with Crippen LogP contribution in [-0.4, -0.2) is 13.2 Å². The smallest absolute Gasteiger partial charge is 0.123 e. The Morgan fingerprint density at radius 1 is 1.18 bits per heavy atom. The fourth-order valence-corrected chi connectivity index (χ4v) is 1.77. The van der Waals surface area contributed by atoms with E-state index in [9.17, 15) is 0 Å². The highest BCUT2D eigenvalue weighted by molar-refractivity contribution is 5.53. The van der Waals surface area contributed by atoms with Gasteiger partial charge in [0.15, 0.2) is 0 Å². The molecule has 0 spiro atoms. The van der Waals surface area contributed by atoms with E-state index in [1.807, 2.05) is 0 Å². The fourth-order valence-electron chi connectivity index (χ4n) is 1.77. The molecule has 0 amide bonds. The Bertz CT molecular complexity index is 352. The van der Waals surface area contributed by atoms with E-state index in [0.717, 1.165) is 25.3 Å². The monoisotopic (exact) mass is 235 g/mol. The average molecular weight is 235 g/mol. The molecule has 0 saturated carbocycles. The molecule has 96 valence electrons. The lowest BCUT2D eigenvalue weighted by Crippen LogP contribution is -2.14. The van der Waals surface area contributed by atoms with Gasteiger partial charge in [-0.05, 0) is 37.0 Å². The van der Waals surface area contributed by atoms with Gasteiger partial charge in [-0.25, -0.2) is 0 Å². The van der Waals surface area contributed by atoms with E-state index in [1.165, 1.54) is 11.3 Å². The van der Waals surface area contributed by atoms with Crippen LogP contribution in [0.3, 0.4) is 0 Å². The SMILES string of the molecule is CCCOc1ccc(NCC)cc1C(C)(C)C. The van der Waals surface area contributed by atoms with Crippen molar-refractivity contribution >= 4 is 5.69 Å². The van der Waals surface area contributed by atoms with Crippen molar-refractivity contribution in [3.8, 4) is 5.75 Å². The molecule has 0 aliphatic carbocycles. The first-order valence-corrected chi connectivity index (χ1v) is 6.50. The minimum absolute atomic E-state index is 0.106. The molecule has 0 unspecified atom stereocenters. The predicted molar refractivity (Wildman–Crippen MR) is 75.1 cm³/mol. The third-order valence-corrected chi connectivity index (χ3v) is 2.63. The normalized spacial score (nSPS) is 11.4. The van der Waals surface area contributed by atoms with Gasteiger partial charge in [-0.3, -0.25) is 0 Å². The quantitative estimate of drug-likeness (QED) is 0.825. The molecule has 0 aromatic heterocycles. The van der Waals surface area contributed by atoms with E-state index in [1.54, 1.807) is 0 Å². The summed E-state index contributed by atoms with van der Waals surface area (Å²) in [6.45, 7) is 12.6. The van der Waals surface area contributed by atoms with E-state index in [2.05, 4.69) is 58.1 Å². The number of nitrogens with one attached hydrogen (secondary N) is 1. The molecule has 0 heterocycles. The zero-order chi connectivity index (χ0) is 12.9. The first-order valence-electron chi connectivity index (χ1n) is 6.50. The summed E-state index contributed by atoms with van der Waals surface area (Å²) in [4.78, 5) is 0. The molecular formula is C15H25NO. The number of benzene rings is 1. The Balaban J connectivity index is 3.03. The highest BCUT2D eigenvalue weighted by Gasteiger charge is 2.19. The molecule has 1 aromatic rings. The lowest BCUT2D eigenvalue weighted by atomic mass is 9.86. The van der Waals surface area contributed by atoms with E-state index in [-0.39, 0.29) is 5.41 Å². The van der Waals surface area contributed by atoms with Crippen LogP contribution in [0.15, 0.2) is 18.2 Å². The Labute approximate surface area is 105 Å². The van der Waals surface area contributed by atoms with Gasteiger partial charge in [0.25, 0.3) is 0 Å². The van der Waals surface area contributed by atoms with Gasteiger partial charge in [0.2, 0.25) is 0 Å². The molecule has 2 heteroatoms. The third kappa shape index (κ3) is 3.95. The van der Waals surface area contributed by atoms with Gasteiger partial charge in [-0.15, -0.1) is 0 Å². The van der Waals surface area contributed by atoms with Gasteiger partial charge in [0.1, 0.15) is 5.75 Å². The number of hydrogen-bond donors (Lipinski definition) is 1. The molecule has 0 aliphatic heterocycles. The van der Waals surface area contributed by atoms with Crippen molar-refractivity contribution in [2.75, 3.05) is 18.5 Å². The van der Waals surface area contributed by atoms with Gasteiger partial charge >= 0.3 is 0 Å². The maximum absolute atomic E-state index is 5.82. The van der Waals surface area contributed by atoms with Crippen molar-refractivity contribution in [2.24, 2.45) is 0 Å². The second-order valence-corrected chi connectivity index (χ2v) is 5.34. The van der Waals surface area contributed by atoms with Crippen molar-refractivity contribution in [3.63, 3.8) is 0 Å².